The molecule has 0 saturated carbocycles. The average Bonchev–Trinajstić information content (AvgIpc) is 2.36. The summed E-state index contributed by atoms with van der Waals surface area (Å²) >= 11 is 0. The summed E-state index contributed by atoms with van der Waals surface area (Å²) in [4.78, 5) is 30.6. The van der Waals surface area contributed by atoms with Crippen molar-refractivity contribution < 1.29 is 9.59 Å². The van der Waals surface area contributed by atoms with Gasteiger partial charge in [0.25, 0.3) is 5.91 Å². The van der Waals surface area contributed by atoms with Gasteiger partial charge >= 0.3 is 0 Å². The lowest BCUT2D eigenvalue weighted by Gasteiger charge is -2.10. The van der Waals surface area contributed by atoms with Gasteiger partial charge in [0.05, 0.1) is 12.4 Å². The number of rotatable bonds is 6. The van der Waals surface area contributed by atoms with E-state index >= 15 is 0 Å². The number of anilines is 1. The number of primary amides is 1. The number of aromatic nitrogens is 2. The molecule has 2 amide bonds. The van der Waals surface area contributed by atoms with E-state index in [2.05, 4.69) is 20.6 Å². The predicted octanol–water partition coefficient (Wildman–Crippen LogP) is -0.0979. The SMILES string of the molecule is CCCNc1cncc(C(=O)NC(C)C(N)=O)n1. The van der Waals surface area contributed by atoms with Crippen molar-refractivity contribution in [2.75, 3.05) is 11.9 Å². The maximum absolute atomic E-state index is 11.7. The number of carbonyl (C=O) groups excluding carboxylic acids is 2. The Labute approximate surface area is 105 Å². The summed E-state index contributed by atoms with van der Waals surface area (Å²) < 4.78 is 0. The largest absolute Gasteiger partial charge is 0.369 e. The molecule has 0 bridgehead atoms. The first-order valence-electron chi connectivity index (χ1n) is 5.70. The highest BCUT2D eigenvalue weighted by Gasteiger charge is 2.15. The van der Waals surface area contributed by atoms with Crippen LogP contribution >= 0.6 is 0 Å². The highest BCUT2D eigenvalue weighted by molar-refractivity contribution is 5.95. The topological polar surface area (TPSA) is 110 Å². The standard InChI is InChI=1S/C11H17N5O2/c1-3-4-14-9-6-13-5-8(16-9)11(18)15-7(2)10(12)17/h5-7H,3-4H2,1-2H3,(H2,12,17)(H,14,16)(H,15,18). The first-order valence-corrected chi connectivity index (χ1v) is 5.70. The number of amides is 2. The second-order valence-electron chi connectivity index (χ2n) is 3.81. The summed E-state index contributed by atoms with van der Waals surface area (Å²) in [7, 11) is 0. The van der Waals surface area contributed by atoms with E-state index in [-0.39, 0.29) is 5.69 Å². The van der Waals surface area contributed by atoms with Gasteiger partial charge in [-0.05, 0) is 13.3 Å². The smallest absolute Gasteiger partial charge is 0.272 e. The van der Waals surface area contributed by atoms with Gasteiger partial charge in [0.15, 0.2) is 0 Å². The predicted molar refractivity (Wildman–Crippen MR) is 66.9 cm³/mol. The van der Waals surface area contributed by atoms with Crippen molar-refractivity contribution in [1.82, 2.24) is 15.3 Å². The van der Waals surface area contributed by atoms with Crippen LogP contribution in [0.25, 0.3) is 0 Å². The second kappa shape index (κ2) is 6.53. The van der Waals surface area contributed by atoms with Crippen molar-refractivity contribution in [3.05, 3.63) is 18.1 Å². The summed E-state index contributed by atoms with van der Waals surface area (Å²) in [5.74, 6) is -0.554. The fourth-order valence-electron chi connectivity index (χ4n) is 1.16. The molecule has 1 aromatic heterocycles. The zero-order valence-corrected chi connectivity index (χ0v) is 10.4. The summed E-state index contributed by atoms with van der Waals surface area (Å²) in [6, 6.07) is -0.744. The van der Waals surface area contributed by atoms with E-state index in [0.29, 0.717) is 5.82 Å². The molecule has 18 heavy (non-hydrogen) atoms. The van der Waals surface area contributed by atoms with Crippen LogP contribution in [0.5, 0.6) is 0 Å². The second-order valence-corrected chi connectivity index (χ2v) is 3.81. The van der Waals surface area contributed by atoms with Gasteiger partial charge in [-0.2, -0.15) is 0 Å². The molecule has 4 N–H and O–H groups in total. The molecule has 0 aliphatic rings. The van der Waals surface area contributed by atoms with E-state index < -0.39 is 17.9 Å². The van der Waals surface area contributed by atoms with Crippen LogP contribution in [-0.2, 0) is 4.79 Å². The van der Waals surface area contributed by atoms with Crippen LogP contribution in [0, 0.1) is 0 Å². The normalized spacial score (nSPS) is 11.7. The van der Waals surface area contributed by atoms with E-state index in [1.54, 1.807) is 0 Å². The van der Waals surface area contributed by atoms with Gasteiger partial charge in [-0.25, -0.2) is 4.98 Å². The van der Waals surface area contributed by atoms with Crippen LogP contribution < -0.4 is 16.4 Å². The summed E-state index contributed by atoms with van der Waals surface area (Å²) in [5.41, 5.74) is 5.20. The Balaban J connectivity index is 2.70. The third-order valence-electron chi connectivity index (χ3n) is 2.20. The van der Waals surface area contributed by atoms with Crippen LogP contribution in [-0.4, -0.2) is 34.4 Å². The molecule has 1 unspecified atom stereocenters. The summed E-state index contributed by atoms with van der Waals surface area (Å²) in [6.07, 6.45) is 3.81. The van der Waals surface area contributed by atoms with E-state index in [1.165, 1.54) is 19.3 Å². The average molecular weight is 251 g/mol. The lowest BCUT2D eigenvalue weighted by atomic mass is 10.3. The van der Waals surface area contributed by atoms with Crippen LogP contribution in [0.2, 0.25) is 0 Å². The maximum Gasteiger partial charge on any atom is 0.272 e. The molecule has 0 saturated heterocycles. The molecule has 0 radical (unpaired) electrons. The monoisotopic (exact) mass is 251 g/mol. The molecule has 0 aliphatic carbocycles. The van der Waals surface area contributed by atoms with Gasteiger partial charge in [0.2, 0.25) is 5.91 Å². The van der Waals surface area contributed by atoms with Gasteiger partial charge in [-0.15, -0.1) is 0 Å². The number of nitrogens with two attached hydrogens (primary N) is 1. The molecule has 1 aromatic rings. The minimum Gasteiger partial charge on any atom is -0.369 e. The van der Waals surface area contributed by atoms with Crippen molar-refractivity contribution in [3.8, 4) is 0 Å². The third-order valence-corrected chi connectivity index (χ3v) is 2.20. The van der Waals surface area contributed by atoms with Gasteiger partial charge in [-0.1, -0.05) is 6.92 Å². The van der Waals surface area contributed by atoms with Gasteiger partial charge < -0.3 is 16.4 Å². The number of hydrogen-bond acceptors (Lipinski definition) is 5. The van der Waals surface area contributed by atoms with Crippen molar-refractivity contribution in [1.29, 1.82) is 0 Å². The molecule has 0 aliphatic heterocycles. The fraction of sp³-hybridized carbons (Fsp3) is 0.455. The number of carbonyl (C=O) groups is 2. The highest BCUT2D eigenvalue weighted by Crippen LogP contribution is 2.02. The number of hydrogen-bond donors (Lipinski definition) is 3. The molecule has 1 atom stereocenters. The van der Waals surface area contributed by atoms with Crippen molar-refractivity contribution >= 4 is 17.6 Å². The maximum atomic E-state index is 11.7. The number of nitrogens with zero attached hydrogens (tertiary/aromatic N) is 2. The zero-order chi connectivity index (χ0) is 13.5. The Hall–Kier alpha value is -2.18. The summed E-state index contributed by atoms with van der Waals surface area (Å²) in [6.45, 7) is 4.27. The van der Waals surface area contributed by atoms with Crippen LogP contribution in [0.4, 0.5) is 5.82 Å². The molecule has 98 valence electrons. The number of nitrogens with one attached hydrogen (secondary N) is 2. The van der Waals surface area contributed by atoms with Gasteiger partial charge in [0.1, 0.15) is 17.6 Å². The molecule has 1 rings (SSSR count). The van der Waals surface area contributed by atoms with Gasteiger partial charge in [0, 0.05) is 6.54 Å². The Bertz CT molecular complexity index is 435. The van der Waals surface area contributed by atoms with Gasteiger partial charge in [-0.3, -0.25) is 14.6 Å². The minimum absolute atomic E-state index is 0.143. The molecule has 7 heteroatoms. The highest BCUT2D eigenvalue weighted by atomic mass is 16.2. The Kier molecular flexibility index (Phi) is 5.04. The van der Waals surface area contributed by atoms with Crippen molar-refractivity contribution in [2.24, 2.45) is 5.73 Å². The first-order chi connectivity index (χ1) is 8.54. The van der Waals surface area contributed by atoms with Crippen molar-refractivity contribution in [3.63, 3.8) is 0 Å². The fourth-order valence-corrected chi connectivity index (χ4v) is 1.16. The van der Waals surface area contributed by atoms with Crippen LogP contribution in [0.3, 0.4) is 0 Å². The Morgan fingerprint density at radius 3 is 2.78 bits per heavy atom. The van der Waals surface area contributed by atoms with E-state index in [0.717, 1.165) is 13.0 Å². The Morgan fingerprint density at radius 1 is 1.44 bits per heavy atom. The first kappa shape index (κ1) is 13.9. The van der Waals surface area contributed by atoms with E-state index in [9.17, 15) is 9.59 Å². The van der Waals surface area contributed by atoms with E-state index in [4.69, 9.17) is 5.73 Å². The van der Waals surface area contributed by atoms with E-state index in [1.807, 2.05) is 6.92 Å². The molecule has 0 aromatic carbocycles. The quantitative estimate of drug-likeness (QED) is 0.654. The molecular formula is C11H17N5O2. The third kappa shape index (κ3) is 4.00. The summed E-state index contributed by atoms with van der Waals surface area (Å²) in [5, 5.41) is 5.46. The Morgan fingerprint density at radius 2 is 2.17 bits per heavy atom. The van der Waals surface area contributed by atoms with Crippen LogP contribution in [0.1, 0.15) is 30.8 Å². The van der Waals surface area contributed by atoms with Crippen LogP contribution in [0.15, 0.2) is 12.4 Å². The molecule has 1 heterocycles. The molecular weight excluding hydrogens is 234 g/mol. The minimum atomic E-state index is -0.744. The molecule has 0 spiro atoms. The van der Waals surface area contributed by atoms with Crippen molar-refractivity contribution in [2.45, 2.75) is 26.3 Å². The molecule has 7 nitrogen and oxygen atoms in total. The lowest BCUT2D eigenvalue weighted by Crippen LogP contribution is -2.42. The molecule has 0 fully saturated rings. The lowest BCUT2D eigenvalue weighted by molar-refractivity contribution is -0.119. The zero-order valence-electron chi connectivity index (χ0n) is 10.4.